The fourth-order valence-electron chi connectivity index (χ4n) is 2.39. The number of ketones is 2. The zero-order valence-corrected chi connectivity index (χ0v) is 10.9. The van der Waals surface area contributed by atoms with Crippen LogP contribution in [-0.4, -0.2) is 11.6 Å². The van der Waals surface area contributed by atoms with Crippen LogP contribution in [0.2, 0.25) is 0 Å². The summed E-state index contributed by atoms with van der Waals surface area (Å²) in [7, 11) is 0. The zero-order valence-electron chi connectivity index (χ0n) is 10.9. The topological polar surface area (TPSA) is 34.1 Å². The van der Waals surface area contributed by atoms with Crippen LogP contribution in [0.25, 0.3) is 0 Å². The Labute approximate surface area is 107 Å². The van der Waals surface area contributed by atoms with Gasteiger partial charge in [-0.25, -0.2) is 0 Å². The minimum atomic E-state index is -0.0491. The predicted molar refractivity (Wildman–Crippen MR) is 71.3 cm³/mol. The number of hydrogen-bond acceptors (Lipinski definition) is 2. The Balaban J connectivity index is 2.45. The Morgan fingerprint density at radius 3 is 2.22 bits per heavy atom. The Bertz CT molecular complexity index is 562. The van der Waals surface area contributed by atoms with E-state index >= 15 is 0 Å². The lowest BCUT2D eigenvalue weighted by Crippen LogP contribution is -2.20. The highest BCUT2D eigenvalue weighted by Crippen LogP contribution is 2.31. The van der Waals surface area contributed by atoms with Crippen LogP contribution < -0.4 is 0 Å². The molecule has 0 heterocycles. The van der Waals surface area contributed by atoms with Gasteiger partial charge in [0.15, 0.2) is 11.6 Å². The van der Waals surface area contributed by atoms with Crippen molar-refractivity contribution in [1.82, 2.24) is 0 Å². The van der Waals surface area contributed by atoms with Gasteiger partial charge < -0.3 is 0 Å². The molecule has 1 aliphatic carbocycles. The van der Waals surface area contributed by atoms with Crippen molar-refractivity contribution in [2.24, 2.45) is 0 Å². The number of Topliss-reactive ketones (excluding diaryl/α,β-unsaturated/α-hetero) is 1. The summed E-state index contributed by atoms with van der Waals surface area (Å²) in [5, 5.41) is 0. The molecule has 0 aliphatic heterocycles. The molecule has 1 atom stereocenters. The van der Waals surface area contributed by atoms with Crippen molar-refractivity contribution in [3.05, 3.63) is 58.7 Å². The van der Waals surface area contributed by atoms with Crippen molar-refractivity contribution >= 4 is 11.6 Å². The van der Waals surface area contributed by atoms with Gasteiger partial charge in [-0.2, -0.15) is 0 Å². The number of hydrogen-bond donors (Lipinski definition) is 0. The smallest absolute Gasteiger partial charge is 0.184 e. The van der Waals surface area contributed by atoms with Crippen LogP contribution in [0.3, 0.4) is 0 Å². The van der Waals surface area contributed by atoms with Crippen molar-refractivity contribution in [3.8, 4) is 0 Å². The molecule has 0 amide bonds. The number of benzene rings is 1. The summed E-state index contributed by atoms with van der Waals surface area (Å²) in [4.78, 5) is 24.0. The highest BCUT2D eigenvalue weighted by molar-refractivity contribution is 6.22. The van der Waals surface area contributed by atoms with Crippen LogP contribution in [-0.2, 0) is 9.59 Å². The summed E-state index contributed by atoms with van der Waals surface area (Å²) in [5.41, 5.74) is 2.79. The van der Waals surface area contributed by atoms with Crippen LogP contribution in [0, 0.1) is 0 Å². The second-order valence-corrected chi connectivity index (χ2v) is 4.69. The molecular weight excluding hydrogens is 224 g/mol. The maximum absolute atomic E-state index is 12.1. The largest absolute Gasteiger partial charge is 0.290 e. The molecule has 0 N–H and O–H groups in total. The third-order valence-electron chi connectivity index (χ3n) is 3.45. The summed E-state index contributed by atoms with van der Waals surface area (Å²) in [6, 6.07) is 9.78. The third-order valence-corrected chi connectivity index (χ3v) is 3.45. The summed E-state index contributed by atoms with van der Waals surface area (Å²) >= 11 is 0. The highest BCUT2D eigenvalue weighted by atomic mass is 16.1. The van der Waals surface area contributed by atoms with E-state index < -0.39 is 0 Å². The van der Waals surface area contributed by atoms with Gasteiger partial charge >= 0.3 is 0 Å². The molecule has 1 aromatic carbocycles. The normalized spacial score (nSPS) is 17.8. The molecule has 0 spiro atoms. The average molecular weight is 240 g/mol. The lowest BCUT2D eigenvalue weighted by molar-refractivity contribution is -0.116. The fourth-order valence-corrected chi connectivity index (χ4v) is 2.39. The van der Waals surface area contributed by atoms with Crippen molar-refractivity contribution in [2.75, 3.05) is 0 Å². The van der Waals surface area contributed by atoms with E-state index in [4.69, 9.17) is 0 Å². The van der Waals surface area contributed by atoms with Crippen LogP contribution in [0.5, 0.6) is 0 Å². The van der Waals surface area contributed by atoms with Gasteiger partial charge in [-0.15, -0.1) is 0 Å². The summed E-state index contributed by atoms with van der Waals surface area (Å²) < 4.78 is 0. The van der Waals surface area contributed by atoms with E-state index in [9.17, 15) is 9.59 Å². The van der Waals surface area contributed by atoms with E-state index in [0.717, 1.165) is 5.56 Å². The van der Waals surface area contributed by atoms with E-state index in [1.54, 1.807) is 13.8 Å². The molecule has 1 aromatic rings. The zero-order chi connectivity index (χ0) is 13.3. The molecule has 92 valence electrons. The molecule has 1 aliphatic rings. The van der Waals surface area contributed by atoms with Gasteiger partial charge in [-0.3, -0.25) is 9.59 Å². The highest BCUT2D eigenvalue weighted by Gasteiger charge is 2.27. The first kappa shape index (κ1) is 12.5. The molecule has 0 saturated carbocycles. The second-order valence-electron chi connectivity index (χ2n) is 4.69. The van der Waals surface area contributed by atoms with Gasteiger partial charge in [0.2, 0.25) is 0 Å². The lowest BCUT2D eigenvalue weighted by Gasteiger charge is -2.20. The summed E-state index contributed by atoms with van der Waals surface area (Å²) in [5.74, 6) is -0.111. The first-order chi connectivity index (χ1) is 8.52. The molecule has 2 heteroatoms. The maximum atomic E-state index is 12.1. The predicted octanol–water partition coefficient (Wildman–Crippen LogP) is 3.20. The standard InChI is InChI=1S/C16H16O2/c1-10-9-14(17)15(12(3)16(10)18)11(2)13-7-5-4-6-8-13/h4-9,11H,1-3H3. The number of rotatable bonds is 2. The van der Waals surface area contributed by atoms with Crippen LogP contribution in [0.15, 0.2) is 53.1 Å². The molecule has 0 aromatic heterocycles. The first-order valence-electron chi connectivity index (χ1n) is 6.05. The molecule has 0 fully saturated rings. The average Bonchev–Trinajstić information content (AvgIpc) is 2.37. The number of allylic oxidation sites excluding steroid dienone is 4. The van der Waals surface area contributed by atoms with Crippen LogP contribution >= 0.6 is 0 Å². The number of carbonyl (C=O) groups is 2. The Hall–Kier alpha value is -1.96. The third kappa shape index (κ3) is 2.06. The second kappa shape index (κ2) is 4.73. The fraction of sp³-hybridized carbons (Fsp3) is 0.250. The van der Waals surface area contributed by atoms with Gasteiger partial charge in [0.05, 0.1) is 0 Å². The minimum absolute atomic E-state index is 0.0209. The molecule has 2 nitrogen and oxygen atoms in total. The van der Waals surface area contributed by atoms with E-state index in [0.29, 0.717) is 16.7 Å². The quantitative estimate of drug-likeness (QED) is 0.744. The molecule has 18 heavy (non-hydrogen) atoms. The first-order valence-corrected chi connectivity index (χ1v) is 6.05. The molecular formula is C16H16O2. The van der Waals surface area contributed by atoms with Gasteiger partial charge in [-0.05, 0) is 25.5 Å². The van der Waals surface area contributed by atoms with Crippen molar-refractivity contribution in [2.45, 2.75) is 26.7 Å². The summed E-state index contributed by atoms with van der Waals surface area (Å²) in [6.07, 6.45) is 1.45. The van der Waals surface area contributed by atoms with Gasteiger partial charge in [-0.1, -0.05) is 37.3 Å². The lowest BCUT2D eigenvalue weighted by atomic mass is 9.81. The van der Waals surface area contributed by atoms with Crippen LogP contribution in [0.1, 0.15) is 32.3 Å². The van der Waals surface area contributed by atoms with E-state index in [2.05, 4.69) is 0 Å². The van der Waals surface area contributed by atoms with Crippen molar-refractivity contribution in [1.29, 1.82) is 0 Å². The monoisotopic (exact) mass is 240 g/mol. The molecule has 0 bridgehead atoms. The van der Waals surface area contributed by atoms with Gasteiger partial charge in [0.1, 0.15) is 0 Å². The SMILES string of the molecule is CC1=CC(=O)C(C(C)c2ccccc2)=C(C)C1=O. The molecule has 0 radical (unpaired) electrons. The number of carbonyl (C=O) groups excluding carboxylic acids is 2. The van der Waals surface area contributed by atoms with Gasteiger partial charge in [0, 0.05) is 22.6 Å². The maximum Gasteiger partial charge on any atom is 0.184 e. The molecule has 2 rings (SSSR count). The molecule has 0 saturated heterocycles. The van der Waals surface area contributed by atoms with Crippen molar-refractivity contribution in [3.63, 3.8) is 0 Å². The van der Waals surface area contributed by atoms with Gasteiger partial charge in [0.25, 0.3) is 0 Å². The Kier molecular flexibility index (Phi) is 3.28. The Morgan fingerprint density at radius 1 is 1.00 bits per heavy atom. The van der Waals surface area contributed by atoms with E-state index in [1.165, 1.54) is 6.08 Å². The van der Waals surface area contributed by atoms with E-state index in [1.807, 2.05) is 37.3 Å². The van der Waals surface area contributed by atoms with Crippen LogP contribution in [0.4, 0.5) is 0 Å². The summed E-state index contributed by atoms with van der Waals surface area (Å²) in [6.45, 7) is 5.40. The minimum Gasteiger partial charge on any atom is -0.290 e. The Morgan fingerprint density at radius 2 is 1.61 bits per heavy atom. The molecule has 1 unspecified atom stereocenters. The van der Waals surface area contributed by atoms with Crippen molar-refractivity contribution < 1.29 is 9.59 Å². The van der Waals surface area contributed by atoms with E-state index in [-0.39, 0.29) is 17.5 Å².